The van der Waals surface area contributed by atoms with Crippen LogP contribution in [-0.2, 0) is 30.2 Å². The van der Waals surface area contributed by atoms with Crippen LogP contribution < -0.4 is 0 Å². The van der Waals surface area contributed by atoms with Gasteiger partial charge in [0.1, 0.15) is 12.4 Å². The molecule has 0 amide bonds. The van der Waals surface area contributed by atoms with E-state index in [1.807, 2.05) is 20.8 Å². The summed E-state index contributed by atoms with van der Waals surface area (Å²) >= 11 is 0. The third-order valence-electron chi connectivity index (χ3n) is 4.39. The van der Waals surface area contributed by atoms with Gasteiger partial charge in [0.25, 0.3) is 0 Å². The van der Waals surface area contributed by atoms with E-state index in [1.54, 1.807) is 0 Å². The SMILES string of the molecule is COCOC(COCCCCCc1ccc2ccccc2c1)C(=O)OC(C)(C)C. The van der Waals surface area contributed by atoms with Gasteiger partial charge >= 0.3 is 5.97 Å². The van der Waals surface area contributed by atoms with Crippen molar-refractivity contribution in [2.45, 2.75) is 58.2 Å². The number of carbonyl (C=O) groups is 1. The van der Waals surface area contributed by atoms with Gasteiger partial charge in [-0.25, -0.2) is 4.79 Å². The average Bonchev–Trinajstić information content (AvgIpc) is 2.68. The summed E-state index contributed by atoms with van der Waals surface area (Å²) in [5, 5.41) is 2.57. The molecule has 1 atom stereocenters. The Morgan fingerprint density at radius 3 is 2.48 bits per heavy atom. The zero-order valence-electron chi connectivity index (χ0n) is 18.1. The number of unbranched alkanes of at least 4 members (excludes halogenated alkanes) is 2. The number of ether oxygens (including phenoxy) is 4. The lowest BCUT2D eigenvalue weighted by atomic mass is 10.0. The van der Waals surface area contributed by atoms with Crippen LogP contribution in [0.2, 0.25) is 0 Å². The molecule has 5 heteroatoms. The second-order valence-corrected chi connectivity index (χ2v) is 8.16. The summed E-state index contributed by atoms with van der Waals surface area (Å²) in [4.78, 5) is 12.2. The highest BCUT2D eigenvalue weighted by atomic mass is 16.7. The molecule has 0 aromatic heterocycles. The number of methoxy groups -OCH3 is 1. The standard InChI is InChI=1S/C24H34O5/c1-24(2,3)29-23(25)22(28-18-26-4)17-27-15-9-5-6-10-19-13-14-20-11-7-8-12-21(20)16-19/h7-8,11-14,16,22H,5-6,9-10,15,17-18H2,1-4H3. The first-order chi connectivity index (χ1) is 13.9. The maximum absolute atomic E-state index is 12.2. The summed E-state index contributed by atoms with van der Waals surface area (Å²) in [6.45, 7) is 6.27. The molecule has 0 radical (unpaired) electrons. The van der Waals surface area contributed by atoms with Crippen molar-refractivity contribution in [3.05, 3.63) is 48.0 Å². The van der Waals surface area contributed by atoms with E-state index in [0.717, 1.165) is 25.7 Å². The van der Waals surface area contributed by atoms with Crippen LogP contribution >= 0.6 is 0 Å². The van der Waals surface area contributed by atoms with Crippen LogP contribution in [-0.4, -0.2) is 44.8 Å². The van der Waals surface area contributed by atoms with Gasteiger partial charge in [-0.05, 0) is 56.4 Å². The van der Waals surface area contributed by atoms with Gasteiger partial charge in [-0.3, -0.25) is 0 Å². The van der Waals surface area contributed by atoms with E-state index in [2.05, 4.69) is 42.5 Å². The van der Waals surface area contributed by atoms with Crippen LogP contribution in [0.3, 0.4) is 0 Å². The van der Waals surface area contributed by atoms with Crippen molar-refractivity contribution in [2.24, 2.45) is 0 Å². The number of esters is 1. The van der Waals surface area contributed by atoms with Gasteiger partial charge in [-0.15, -0.1) is 0 Å². The molecule has 160 valence electrons. The van der Waals surface area contributed by atoms with Crippen molar-refractivity contribution in [1.29, 1.82) is 0 Å². The van der Waals surface area contributed by atoms with E-state index in [1.165, 1.54) is 23.4 Å². The minimum atomic E-state index is -0.772. The molecule has 2 aromatic carbocycles. The molecule has 0 aliphatic rings. The van der Waals surface area contributed by atoms with Gasteiger partial charge in [-0.1, -0.05) is 48.9 Å². The average molecular weight is 403 g/mol. The zero-order valence-corrected chi connectivity index (χ0v) is 18.1. The monoisotopic (exact) mass is 402 g/mol. The minimum Gasteiger partial charge on any atom is -0.458 e. The van der Waals surface area contributed by atoms with Crippen molar-refractivity contribution in [2.75, 3.05) is 27.1 Å². The Kier molecular flexibility index (Phi) is 9.58. The van der Waals surface area contributed by atoms with Crippen molar-refractivity contribution >= 4 is 16.7 Å². The van der Waals surface area contributed by atoms with E-state index in [-0.39, 0.29) is 13.4 Å². The topological polar surface area (TPSA) is 54.0 Å². The van der Waals surface area contributed by atoms with Gasteiger partial charge in [0.05, 0.1) is 6.61 Å². The molecule has 0 aliphatic heterocycles. The Morgan fingerprint density at radius 1 is 1.00 bits per heavy atom. The molecule has 0 heterocycles. The molecule has 0 N–H and O–H groups in total. The molecule has 0 saturated carbocycles. The second kappa shape index (κ2) is 11.9. The third kappa shape index (κ3) is 8.94. The van der Waals surface area contributed by atoms with Crippen molar-refractivity contribution in [3.63, 3.8) is 0 Å². The lowest BCUT2D eigenvalue weighted by molar-refractivity contribution is -0.181. The number of benzene rings is 2. The van der Waals surface area contributed by atoms with Crippen molar-refractivity contribution in [1.82, 2.24) is 0 Å². The fourth-order valence-corrected chi connectivity index (χ4v) is 3.00. The van der Waals surface area contributed by atoms with E-state index >= 15 is 0 Å². The van der Waals surface area contributed by atoms with Gasteiger partial charge in [0.15, 0.2) is 6.10 Å². The highest BCUT2D eigenvalue weighted by Crippen LogP contribution is 2.17. The first kappa shape index (κ1) is 23.3. The summed E-state index contributed by atoms with van der Waals surface area (Å²) in [5.74, 6) is -0.425. The van der Waals surface area contributed by atoms with Gasteiger partial charge < -0.3 is 18.9 Å². The Labute approximate surface area is 174 Å². The summed E-state index contributed by atoms with van der Waals surface area (Å²) < 4.78 is 21.3. The van der Waals surface area contributed by atoms with Gasteiger partial charge in [0, 0.05) is 13.7 Å². The number of hydrogen-bond donors (Lipinski definition) is 0. The number of aryl methyl sites for hydroxylation is 1. The Hall–Kier alpha value is -1.95. The maximum Gasteiger partial charge on any atom is 0.338 e. The zero-order chi connectivity index (χ0) is 21.1. The van der Waals surface area contributed by atoms with Crippen LogP contribution in [0.1, 0.15) is 45.6 Å². The predicted molar refractivity (Wildman–Crippen MR) is 115 cm³/mol. The smallest absolute Gasteiger partial charge is 0.338 e. The van der Waals surface area contributed by atoms with E-state index < -0.39 is 17.7 Å². The Bertz CT molecular complexity index is 750. The molecule has 0 bridgehead atoms. The highest BCUT2D eigenvalue weighted by molar-refractivity contribution is 5.83. The molecule has 0 saturated heterocycles. The lowest BCUT2D eigenvalue weighted by Gasteiger charge is -2.23. The van der Waals surface area contributed by atoms with E-state index in [9.17, 15) is 4.79 Å². The quantitative estimate of drug-likeness (QED) is 0.287. The third-order valence-corrected chi connectivity index (χ3v) is 4.39. The molecule has 0 aliphatic carbocycles. The first-order valence-electron chi connectivity index (χ1n) is 10.3. The largest absolute Gasteiger partial charge is 0.458 e. The number of fused-ring (bicyclic) bond motifs is 1. The predicted octanol–water partition coefficient (Wildman–Crippen LogP) is 4.90. The first-order valence-corrected chi connectivity index (χ1v) is 10.3. The van der Waals surface area contributed by atoms with Gasteiger partial charge in [0.2, 0.25) is 0 Å². The second-order valence-electron chi connectivity index (χ2n) is 8.16. The van der Waals surface area contributed by atoms with Crippen LogP contribution in [0.5, 0.6) is 0 Å². The lowest BCUT2D eigenvalue weighted by Crippen LogP contribution is -2.37. The summed E-state index contributed by atoms with van der Waals surface area (Å²) in [7, 11) is 1.52. The van der Waals surface area contributed by atoms with E-state index in [4.69, 9.17) is 18.9 Å². The Morgan fingerprint density at radius 2 is 1.76 bits per heavy atom. The molecule has 29 heavy (non-hydrogen) atoms. The van der Waals surface area contributed by atoms with Crippen LogP contribution in [0.4, 0.5) is 0 Å². The molecule has 2 rings (SSSR count). The van der Waals surface area contributed by atoms with Crippen molar-refractivity contribution in [3.8, 4) is 0 Å². The fourth-order valence-electron chi connectivity index (χ4n) is 3.00. The number of rotatable bonds is 12. The molecule has 5 nitrogen and oxygen atoms in total. The van der Waals surface area contributed by atoms with Crippen LogP contribution in [0.15, 0.2) is 42.5 Å². The van der Waals surface area contributed by atoms with Gasteiger partial charge in [-0.2, -0.15) is 0 Å². The Balaban J connectivity index is 1.65. The summed E-state index contributed by atoms with van der Waals surface area (Å²) in [6, 6.07) is 15.1. The summed E-state index contributed by atoms with van der Waals surface area (Å²) in [5.41, 5.74) is 0.803. The number of hydrogen-bond acceptors (Lipinski definition) is 5. The molecular formula is C24H34O5. The summed E-state index contributed by atoms with van der Waals surface area (Å²) in [6.07, 6.45) is 3.41. The van der Waals surface area contributed by atoms with Crippen LogP contribution in [0, 0.1) is 0 Å². The van der Waals surface area contributed by atoms with E-state index in [0.29, 0.717) is 6.61 Å². The highest BCUT2D eigenvalue weighted by Gasteiger charge is 2.26. The fraction of sp³-hybridized carbons (Fsp3) is 0.542. The molecular weight excluding hydrogens is 368 g/mol. The molecule has 2 aromatic rings. The normalized spacial score (nSPS) is 12.8. The molecule has 0 spiro atoms. The molecule has 1 unspecified atom stereocenters. The van der Waals surface area contributed by atoms with Crippen LogP contribution in [0.25, 0.3) is 10.8 Å². The van der Waals surface area contributed by atoms with Crippen molar-refractivity contribution < 1.29 is 23.7 Å². The molecule has 0 fully saturated rings. The number of carbonyl (C=O) groups excluding carboxylic acids is 1. The maximum atomic E-state index is 12.2. The minimum absolute atomic E-state index is 0.0268.